The number of morpholine rings is 1. The van der Waals surface area contributed by atoms with E-state index >= 15 is 0 Å². The van der Waals surface area contributed by atoms with E-state index in [2.05, 4.69) is 20.9 Å². The summed E-state index contributed by atoms with van der Waals surface area (Å²) in [6.45, 7) is 6.59. The number of amides is 1. The van der Waals surface area contributed by atoms with Crippen LogP contribution in [0.15, 0.2) is 6.20 Å². The Bertz CT molecular complexity index is 541. The molecule has 2 aliphatic rings. The molecular weight excluding hydrogens is 280 g/mol. The first-order valence-corrected chi connectivity index (χ1v) is 7.99. The van der Waals surface area contributed by atoms with Crippen LogP contribution in [0.1, 0.15) is 28.8 Å². The highest BCUT2D eigenvalue weighted by molar-refractivity contribution is 5.76. The third-order valence-corrected chi connectivity index (χ3v) is 4.36. The van der Waals surface area contributed by atoms with Crippen molar-refractivity contribution in [3.05, 3.63) is 28.6 Å². The fourth-order valence-corrected chi connectivity index (χ4v) is 3.11. The molecule has 1 saturated heterocycles. The lowest BCUT2D eigenvalue weighted by Crippen LogP contribution is -2.44. The standard InChI is InChI=1S/C16H24N4O2/c1-11-15(14-2-3-17-7-12(14)8-19-11)9-20-16(21)6-13-10-22-5-4-18-13/h8,13,17-18H,2-7,9-10H2,1H3,(H,20,21)/t13-/m0/s1. The molecule has 0 aromatic carbocycles. The number of hydrogen-bond acceptors (Lipinski definition) is 5. The fourth-order valence-electron chi connectivity index (χ4n) is 3.11. The van der Waals surface area contributed by atoms with Crippen molar-refractivity contribution in [3.8, 4) is 0 Å². The molecule has 0 unspecified atom stereocenters. The summed E-state index contributed by atoms with van der Waals surface area (Å²) < 4.78 is 5.38. The number of nitrogens with one attached hydrogen (secondary N) is 3. The third-order valence-electron chi connectivity index (χ3n) is 4.36. The minimum Gasteiger partial charge on any atom is -0.378 e. The van der Waals surface area contributed by atoms with Crippen molar-refractivity contribution in [3.63, 3.8) is 0 Å². The SMILES string of the molecule is Cc1ncc2c(c1CNC(=O)C[C@H]1COCCN1)CCNC2. The molecule has 0 aliphatic carbocycles. The predicted octanol–water partition coefficient (Wildman–Crippen LogP) is 0.0304. The van der Waals surface area contributed by atoms with E-state index in [1.807, 2.05) is 13.1 Å². The van der Waals surface area contributed by atoms with Crippen molar-refractivity contribution in [2.24, 2.45) is 0 Å². The van der Waals surface area contributed by atoms with Gasteiger partial charge in [-0.3, -0.25) is 9.78 Å². The highest BCUT2D eigenvalue weighted by Crippen LogP contribution is 2.20. The molecule has 1 aromatic heterocycles. The van der Waals surface area contributed by atoms with Crippen molar-refractivity contribution in [1.29, 1.82) is 0 Å². The molecule has 2 aliphatic heterocycles. The van der Waals surface area contributed by atoms with Crippen LogP contribution in [-0.4, -0.2) is 43.2 Å². The molecule has 22 heavy (non-hydrogen) atoms. The van der Waals surface area contributed by atoms with Crippen LogP contribution in [0.25, 0.3) is 0 Å². The molecule has 3 N–H and O–H groups in total. The normalized spacial score (nSPS) is 21.2. The number of fused-ring (bicyclic) bond motifs is 1. The topological polar surface area (TPSA) is 75.3 Å². The van der Waals surface area contributed by atoms with E-state index in [0.717, 1.165) is 38.4 Å². The zero-order chi connectivity index (χ0) is 15.4. The summed E-state index contributed by atoms with van der Waals surface area (Å²) in [6.07, 6.45) is 3.41. The number of carbonyl (C=O) groups excluding carboxylic acids is 1. The average molecular weight is 304 g/mol. The number of rotatable bonds is 4. The summed E-state index contributed by atoms with van der Waals surface area (Å²) in [7, 11) is 0. The maximum atomic E-state index is 12.1. The minimum absolute atomic E-state index is 0.0638. The van der Waals surface area contributed by atoms with Crippen LogP contribution in [0.2, 0.25) is 0 Å². The number of nitrogens with zero attached hydrogens (tertiary/aromatic N) is 1. The molecule has 1 aromatic rings. The second-order valence-electron chi connectivity index (χ2n) is 5.96. The molecular formula is C16H24N4O2. The van der Waals surface area contributed by atoms with E-state index in [4.69, 9.17) is 4.74 Å². The van der Waals surface area contributed by atoms with Gasteiger partial charge in [0.25, 0.3) is 0 Å². The minimum atomic E-state index is 0.0638. The van der Waals surface area contributed by atoms with Crippen LogP contribution in [0, 0.1) is 6.92 Å². The number of aromatic nitrogens is 1. The van der Waals surface area contributed by atoms with Gasteiger partial charge in [0.2, 0.25) is 5.91 Å². The largest absolute Gasteiger partial charge is 0.378 e. The van der Waals surface area contributed by atoms with E-state index in [1.54, 1.807) is 0 Å². The van der Waals surface area contributed by atoms with Gasteiger partial charge in [-0.15, -0.1) is 0 Å². The second-order valence-corrected chi connectivity index (χ2v) is 5.96. The van der Waals surface area contributed by atoms with Gasteiger partial charge in [0.05, 0.1) is 13.2 Å². The Hall–Kier alpha value is -1.50. The van der Waals surface area contributed by atoms with Crippen LogP contribution >= 0.6 is 0 Å². The molecule has 1 fully saturated rings. The quantitative estimate of drug-likeness (QED) is 0.732. The summed E-state index contributed by atoms with van der Waals surface area (Å²) in [5.74, 6) is 0.0638. The van der Waals surface area contributed by atoms with E-state index in [9.17, 15) is 4.79 Å². The summed E-state index contributed by atoms with van der Waals surface area (Å²) in [5.41, 5.74) is 4.80. The van der Waals surface area contributed by atoms with E-state index < -0.39 is 0 Å². The first-order chi connectivity index (χ1) is 10.7. The molecule has 3 rings (SSSR count). The molecule has 120 valence electrons. The average Bonchev–Trinajstić information content (AvgIpc) is 2.55. The zero-order valence-electron chi connectivity index (χ0n) is 13.1. The van der Waals surface area contributed by atoms with Crippen LogP contribution < -0.4 is 16.0 Å². The molecule has 0 radical (unpaired) electrons. The Kier molecular flexibility index (Phi) is 5.02. The van der Waals surface area contributed by atoms with Gasteiger partial charge >= 0.3 is 0 Å². The van der Waals surface area contributed by atoms with Gasteiger partial charge < -0.3 is 20.7 Å². The van der Waals surface area contributed by atoms with Crippen molar-refractivity contribution in [1.82, 2.24) is 20.9 Å². The van der Waals surface area contributed by atoms with Crippen molar-refractivity contribution in [2.45, 2.75) is 38.9 Å². The summed E-state index contributed by atoms with van der Waals surface area (Å²) >= 11 is 0. The Balaban J connectivity index is 1.60. The monoisotopic (exact) mass is 304 g/mol. The zero-order valence-corrected chi connectivity index (χ0v) is 13.1. The highest BCUT2D eigenvalue weighted by atomic mass is 16.5. The van der Waals surface area contributed by atoms with Gasteiger partial charge in [-0.25, -0.2) is 0 Å². The lowest BCUT2D eigenvalue weighted by atomic mass is 9.96. The molecule has 3 heterocycles. The first kappa shape index (κ1) is 15.4. The lowest BCUT2D eigenvalue weighted by Gasteiger charge is -2.24. The van der Waals surface area contributed by atoms with Crippen LogP contribution in [0.3, 0.4) is 0 Å². The Morgan fingerprint density at radius 3 is 3.23 bits per heavy atom. The van der Waals surface area contributed by atoms with Gasteiger partial charge in [-0.05, 0) is 36.6 Å². The maximum absolute atomic E-state index is 12.1. The van der Waals surface area contributed by atoms with Crippen LogP contribution in [-0.2, 0) is 29.0 Å². The third kappa shape index (κ3) is 3.63. The molecule has 0 bridgehead atoms. The highest BCUT2D eigenvalue weighted by Gasteiger charge is 2.19. The predicted molar refractivity (Wildman–Crippen MR) is 83.5 cm³/mol. The Labute approximate surface area is 131 Å². The fraction of sp³-hybridized carbons (Fsp3) is 0.625. The molecule has 1 amide bonds. The molecule has 0 saturated carbocycles. The van der Waals surface area contributed by atoms with Crippen molar-refractivity contribution >= 4 is 5.91 Å². The molecule has 1 atom stereocenters. The summed E-state index contributed by atoms with van der Waals surface area (Å²) in [6, 6.07) is 0.127. The number of carbonyl (C=O) groups is 1. The van der Waals surface area contributed by atoms with Crippen molar-refractivity contribution < 1.29 is 9.53 Å². The smallest absolute Gasteiger partial charge is 0.221 e. The number of ether oxygens (including phenoxy) is 1. The number of hydrogen-bond donors (Lipinski definition) is 3. The maximum Gasteiger partial charge on any atom is 0.221 e. The van der Waals surface area contributed by atoms with E-state index in [1.165, 1.54) is 16.7 Å². The molecule has 6 nitrogen and oxygen atoms in total. The van der Waals surface area contributed by atoms with Gasteiger partial charge in [-0.1, -0.05) is 0 Å². The summed E-state index contributed by atoms with van der Waals surface area (Å²) in [5, 5.41) is 9.70. The molecule has 6 heteroatoms. The van der Waals surface area contributed by atoms with Gasteiger partial charge in [0.1, 0.15) is 0 Å². The lowest BCUT2D eigenvalue weighted by molar-refractivity contribution is -0.122. The van der Waals surface area contributed by atoms with Gasteiger partial charge in [0, 0.05) is 44.0 Å². The number of pyridine rings is 1. The van der Waals surface area contributed by atoms with Crippen molar-refractivity contribution in [2.75, 3.05) is 26.3 Å². The van der Waals surface area contributed by atoms with Crippen LogP contribution in [0.5, 0.6) is 0 Å². The number of aryl methyl sites for hydroxylation is 1. The van der Waals surface area contributed by atoms with Gasteiger partial charge in [0.15, 0.2) is 0 Å². The van der Waals surface area contributed by atoms with Crippen LogP contribution in [0.4, 0.5) is 0 Å². The molecule has 0 spiro atoms. The first-order valence-electron chi connectivity index (χ1n) is 7.99. The van der Waals surface area contributed by atoms with Gasteiger partial charge in [-0.2, -0.15) is 0 Å². The summed E-state index contributed by atoms with van der Waals surface area (Å²) in [4.78, 5) is 16.6. The van der Waals surface area contributed by atoms with E-state index in [0.29, 0.717) is 19.6 Å². The Morgan fingerprint density at radius 2 is 2.41 bits per heavy atom. The van der Waals surface area contributed by atoms with E-state index in [-0.39, 0.29) is 11.9 Å². The second kappa shape index (κ2) is 7.17. The Morgan fingerprint density at radius 1 is 1.50 bits per heavy atom.